The van der Waals surface area contributed by atoms with E-state index >= 15 is 0 Å². The average Bonchev–Trinajstić information content (AvgIpc) is 2.78. The summed E-state index contributed by atoms with van der Waals surface area (Å²) in [7, 11) is 0. The molecule has 0 bridgehead atoms. The number of halogens is 3. The molecule has 0 radical (unpaired) electrons. The number of guanidine groups is 1. The van der Waals surface area contributed by atoms with Crippen LogP contribution in [0.4, 0.5) is 4.39 Å². The van der Waals surface area contributed by atoms with Gasteiger partial charge in [0.2, 0.25) is 0 Å². The minimum atomic E-state index is -0.267. The summed E-state index contributed by atoms with van der Waals surface area (Å²) in [6.07, 6.45) is 4.81. The highest BCUT2D eigenvalue weighted by Crippen LogP contribution is 2.17. The van der Waals surface area contributed by atoms with Gasteiger partial charge >= 0.3 is 0 Å². The van der Waals surface area contributed by atoms with E-state index in [0.29, 0.717) is 18.5 Å². The molecule has 2 rings (SSSR count). The summed E-state index contributed by atoms with van der Waals surface area (Å²) in [5.41, 5.74) is 6.61. The smallest absolute Gasteiger partial charge is 0.189 e. The molecular formula is C13H18BrFIN3. The quantitative estimate of drug-likeness (QED) is 0.428. The maximum atomic E-state index is 13.2. The minimum absolute atomic E-state index is 0. The summed E-state index contributed by atoms with van der Waals surface area (Å²) in [4.78, 5) is 4.24. The lowest BCUT2D eigenvalue weighted by Gasteiger charge is -2.12. The van der Waals surface area contributed by atoms with Crippen LogP contribution in [0.5, 0.6) is 0 Å². The Labute approximate surface area is 138 Å². The van der Waals surface area contributed by atoms with E-state index in [9.17, 15) is 4.39 Å². The van der Waals surface area contributed by atoms with Crippen molar-refractivity contribution < 1.29 is 4.39 Å². The summed E-state index contributed by atoms with van der Waals surface area (Å²) in [6.45, 7) is 0.391. The molecule has 0 saturated heterocycles. The van der Waals surface area contributed by atoms with Crippen LogP contribution < -0.4 is 11.1 Å². The van der Waals surface area contributed by atoms with Crippen LogP contribution in [0.3, 0.4) is 0 Å². The molecule has 1 aromatic carbocycles. The van der Waals surface area contributed by atoms with Gasteiger partial charge in [0.25, 0.3) is 0 Å². The van der Waals surface area contributed by atoms with Gasteiger partial charge in [-0.15, -0.1) is 24.0 Å². The number of rotatable bonds is 3. The molecule has 1 aliphatic rings. The van der Waals surface area contributed by atoms with Crippen LogP contribution in [0.15, 0.2) is 27.7 Å². The number of benzene rings is 1. The molecule has 0 heterocycles. The first-order valence-electron chi connectivity index (χ1n) is 6.15. The van der Waals surface area contributed by atoms with Crippen LogP contribution >= 0.6 is 39.9 Å². The van der Waals surface area contributed by atoms with Gasteiger partial charge in [-0.3, -0.25) is 0 Å². The highest BCUT2D eigenvalue weighted by atomic mass is 127. The summed E-state index contributed by atoms with van der Waals surface area (Å²) >= 11 is 3.26. The highest BCUT2D eigenvalue weighted by molar-refractivity contribution is 14.0. The van der Waals surface area contributed by atoms with Gasteiger partial charge in [-0.25, -0.2) is 9.38 Å². The standard InChI is InChI=1S/C13H17BrFN3.HI/c14-10-5-9(6-11(15)7-10)8-17-13(16)18-12-3-1-2-4-12;/h5-7,12H,1-4,8H2,(H3,16,17,18);1H. The van der Waals surface area contributed by atoms with Gasteiger partial charge in [0.15, 0.2) is 5.96 Å². The first-order valence-corrected chi connectivity index (χ1v) is 6.94. The van der Waals surface area contributed by atoms with Crippen LogP contribution in [-0.2, 0) is 6.54 Å². The largest absolute Gasteiger partial charge is 0.370 e. The molecule has 3 N–H and O–H groups in total. The van der Waals surface area contributed by atoms with E-state index < -0.39 is 0 Å². The van der Waals surface area contributed by atoms with Crippen LogP contribution in [0.2, 0.25) is 0 Å². The highest BCUT2D eigenvalue weighted by Gasteiger charge is 2.14. The van der Waals surface area contributed by atoms with Crippen molar-refractivity contribution in [2.45, 2.75) is 38.3 Å². The third-order valence-corrected chi connectivity index (χ3v) is 3.52. The van der Waals surface area contributed by atoms with Crippen molar-refractivity contribution in [3.63, 3.8) is 0 Å². The Bertz CT molecular complexity index is 427. The molecule has 106 valence electrons. The Morgan fingerprint density at radius 1 is 1.37 bits per heavy atom. The van der Waals surface area contributed by atoms with Gasteiger partial charge in [-0.05, 0) is 36.6 Å². The lowest BCUT2D eigenvalue weighted by Crippen LogP contribution is -2.38. The van der Waals surface area contributed by atoms with Crippen molar-refractivity contribution in [2.24, 2.45) is 10.7 Å². The van der Waals surface area contributed by atoms with Crippen molar-refractivity contribution in [3.8, 4) is 0 Å². The summed E-state index contributed by atoms with van der Waals surface area (Å²) < 4.78 is 13.9. The summed E-state index contributed by atoms with van der Waals surface area (Å²) in [6, 6.07) is 5.19. The van der Waals surface area contributed by atoms with Crippen LogP contribution in [0, 0.1) is 5.82 Å². The normalized spacial score (nSPS) is 16.2. The maximum absolute atomic E-state index is 13.2. The maximum Gasteiger partial charge on any atom is 0.189 e. The number of hydrogen-bond donors (Lipinski definition) is 2. The van der Waals surface area contributed by atoms with Gasteiger partial charge in [0, 0.05) is 10.5 Å². The molecule has 0 atom stereocenters. The Kier molecular flexibility index (Phi) is 7.06. The van der Waals surface area contributed by atoms with Crippen molar-refractivity contribution in [2.75, 3.05) is 0 Å². The number of hydrogen-bond acceptors (Lipinski definition) is 1. The fourth-order valence-electron chi connectivity index (χ4n) is 2.20. The molecule has 19 heavy (non-hydrogen) atoms. The molecule has 6 heteroatoms. The van der Waals surface area contributed by atoms with Crippen LogP contribution in [0.1, 0.15) is 31.2 Å². The Balaban J connectivity index is 0.00000180. The van der Waals surface area contributed by atoms with Gasteiger partial charge in [-0.1, -0.05) is 28.8 Å². The van der Waals surface area contributed by atoms with Crippen LogP contribution in [0.25, 0.3) is 0 Å². The molecule has 1 fully saturated rings. The van der Waals surface area contributed by atoms with Crippen molar-refractivity contribution in [1.82, 2.24) is 5.32 Å². The third-order valence-electron chi connectivity index (χ3n) is 3.06. The monoisotopic (exact) mass is 441 g/mol. The van der Waals surface area contributed by atoms with Gasteiger partial charge in [-0.2, -0.15) is 0 Å². The second kappa shape index (κ2) is 8.04. The average molecular weight is 442 g/mol. The first-order chi connectivity index (χ1) is 8.63. The number of aliphatic imine (C=N–C) groups is 1. The zero-order valence-corrected chi connectivity index (χ0v) is 14.5. The molecule has 0 unspecified atom stereocenters. The molecule has 1 aromatic rings. The zero-order chi connectivity index (χ0) is 13.0. The Morgan fingerprint density at radius 2 is 2.05 bits per heavy atom. The lowest BCUT2D eigenvalue weighted by molar-refractivity contribution is 0.621. The molecule has 1 aliphatic carbocycles. The third kappa shape index (κ3) is 5.64. The fraction of sp³-hybridized carbons (Fsp3) is 0.462. The van der Waals surface area contributed by atoms with E-state index in [2.05, 4.69) is 26.2 Å². The second-order valence-corrected chi connectivity index (χ2v) is 5.52. The Morgan fingerprint density at radius 3 is 2.68 bits per heavy atom. The molecule has 3 nitrogen and oxygen atoms in total. The second-order valence-electron chi connectivity index (χ2n) is 4.60. The number of nitrogens with two attached hydrogens (primary N) is 1. The van der Waals surface area contributed by atoms with E-state index in [4.69, 9.17) is 5.73 Å². The van der Waals surface area contributed by atoms with E-state index in [1.54, 1.807) is 0 Å². The van der Waals surface area contributed by atoms with E-state index in [0.717, 1.165) is 22.9 Å². The van der Waals surface area contributed by atoms with Crippen molar-refractivity contribution in [1.29, 1.82) is 0 Å². The Hall–Kier alpha value is -0.370. The van der Waals surface area contributed by atoms with Crippen molar-refractivity contribution >= 4 is 45.9 Å². The lowest BCUT2D eigenvalue weighted by atomic mass is 10.2. The van der Waals surface area contributed by atoms with E-state index in [-0.39, 0.29) is 29.8 Å². The summed E-state index contributed by atoms with van der Waals surface area (Å²) in [5.74, 6) is 0.180. The molecular weight excluding hydrogens is 424 g/mol. The van der Waals surface area contributed by atoms with Gasteiger partial charge in [0.05, 0.1) is 6.54 Å². The molecule has 0 amide bonds. The number of nitrogens with one attached hydrogen (secondary N) is 1. The number of nitrogens with zero attached hydrogens (tertiary/aromatic N) is 1. The van der Waals surface area contributed by atoms with Crippen molar-refractivity contribution in [3.05, 3.63) is 34.1 Å². The molecule has 1 saturated carbocycles. The summed E-state index contributed by atoms with van der Waals surface area (Å²) in [5, 5.41) is 3.20. The fourth-order valence-corrected chi connectivity index (χ4v) is 2.72. The first kappa shape index (κ1) is 16.7. The SMILES string of the molecule is I.NC(=NCc1cc(F)cc(Br)c1)NC1CCCC1. The van der Waals surface area contributed by atoms with Gasteiger partial charge in [0.1, 0.15) is 5.82 Å². The van der Waals surface area contributed by atoms with Gasteiger partial charge < -0.3 is 11.1 Å². The zero-order valence-electron chi connectivity index (χ0n) is 10.5. The molecule has 0 aromatic heterocycles. The predicted molar refractivity (Wildman–Crippen MR) is 90.2 cm³/mol. The van der Waals surface area contributed by atoms with E-state index in [1.165, 1.54) is 25.0 Å². The van der Waals surface area contributed by atoms with E-state index in [1.807, 2.05) is 6.07 Å². The van der Waals surface area contributed by atoms with Crippen LogP contribution in [-0.4, -0.2) is 12.0 Å². The molecule has 0 aliphatic heterocycles. The predicted octanol–water partition coefficient (Wildman–Crippen LogP) is 3.55. The topological polar surface area (TPSA) is 50.4 Å². The minimum Gasteiger partial charge on any atom is -0.370 e. The molecule has 0 spiro atoms.